The van der Waals surface area contributed by atoms with Crippen LogP contribution in [0.5, 0.6) is 0 Å². The van der Waals surface area contributed by atoms with Crippen molar-refractivity contribution in [3.63, 3.8) is 0 Å². The molecule has 0 radical (unpaired) electrons. The zero-order chi connectivity index (χ0) is 16.5. The van der Waals surface area contributed by atoms with Gasteiger partial charge in [0.1, 0.15) is 17.7 Å². The molecule has 126 valence electrons. The summed E-state index contributed by atoms with van der Waals surface area (Å²) in [7, 11) is 0. The van der Waals surface area contributed by atoms with Crippen LogP contribution in [0.3, 0.4) is 0 Å². The van der Waals surface area contributed by atoms with E-state index in [1.54, 1.807) is 0 Å². The van der Waals surface area contributed by atoms with Crippen molar-refractivity contribution in [3.05, 3.63) is 47.5 Å². The number of rotatable bonds is 5. The summed E-state index contributed by atoms with van der Waals surface area (Å²) in [6.07, 6.45) is 3.08. The van der Waals surface area contributed by atoms with E-state index in [1.165, 1.54) is 0 Å². The van der Waals surface area contributed by atoms with Gasteiger partial charge in [-0.15, -0.1) is 10.2 Å². The monoisotopic (exact) mass is 325 g/mol. The quantitative estimate of drug-likeness (QED) is 0.908. The van der Waals surface area contributed by atoms with Crippen molar-refractivity contribution in [3.8, 4) is 0 Å². The summed E-state index contributed by atoms with van der Waals surface area (Å²) >= 11 is 0. The van der Waals surface area contributed by atoms with Crippen LogP contribution in [0.1, 0.15) is 43.0 Å². The number of aromatic nitrogens is 3. The van der Waals surface area contributed by atoms with Gasteiger partial charge in [-0.25, -0.2) is 0 Å². The molecule has 1 amide bonds. The Hall–Kier alpha value is -2.21. The van der Waals surface area contributed by atoms with E-state index >= 15 is 0 Å². The Bertz CT molecular complexity index is 722. The molecular formula is C18H23N5O. The molecule has 0 saturated heterocycles. The Kier molecular flexibility index (Phi) is 4.06. The molecule has 1 fully saturated rings. The molecule has 2 aliphatic rings. The second kappa shape index (κ2) is 6.36. The van der Waals surface area contributed by atoms with Crippen LogP contribution in [0.4, 0.5) is 0 Å². The zero-order valence-electron chi connectivity index (χ0n) is 14.0. The molecule has 0 bridgehead atoms. The number of hydrogen-bond donors (Lipinski definition) is 1. The first-order valence-electron chi connectivity index (χ1n) is 8.76. The van der Waals surface area contributed by atoms with E-state index in [0.717, 1.165) is 49.6 Å². The van der Waals surface area contributed by atoms with E-state index in [-0.39, 0.29) is 11.9 Å². The number of carbonyl (C=O) groups is 1. The number of benzene rings is 1. The topological polar surface area (TPSA) is 63.1 Å². The van der Waals surface area contributed by atoms with Gasteiger partial charge in [-0.3, -0.25) is 9.69 Å². The third kappa shape index (κ3) is 2.94. The predicted octanol–water partition coefficient (Wildman–Crippen LogP) is 1.68. The van der Waals surface area contributed by atoms with Gasteiger partial charge >= 0.3 is 0 Å². The Morgan fingerprint density at radius 3 is 2.75 bits per heavy atom. The van der Waals surface area contributed by atoms with Crippen LogP contribution in [-0.2, 0) is 24.3 Å². The minimum atomic E-state index is -0.262. The molecule has 1 atom stereocenters. The average molecular weight is 325 g/mol. The molecule has 6 heteroatoms. The fraction of sp³-hybridized carbons (Fsp3) is 0.500. The standard InChI is InChI=1S/C18H23N5O/c1-2-15-20-21-16-12-22(10-11-23(15)16)17(13-6-4-3-5-7-13)18(24)19-14-8-9-14/h3-7,14,17H,2,8-12H2,1H3,(H,19,24)/t17-/m1/s1. The second-order valence-corrected chi connectivity index (χ2v) is 6.60. The van der Waals surface area contributed by atoms with Crippen LogP contribution in [0.15, 0.2) is 30.3 Å². The number of nitrogens with zero attached hydrogens (tertiary/aromatic N) is 4. The lowest BCUT2D eigenvalue weighted by atomic mass is 10.0. The van der Waals surface area contributed by atoms with E-state index in [4.69, 9.17) is 0 Å². The van der Waals surface area contributed by atoms with E-state index < -0.39 is 0 Å². The molecular weight excluding hydrogens is 302 g/mol. The SMILES string of the molecule is CCc1nnc2n1CCN([C@@H](C(=O)NC1CC1)c1ccccc1)C2. The molecule has 1 saturated carbocycles. The summed E-state index contributed by atoms with van der Waals surface area (Å²) in [5, 5.41) is 11.8. The minimum absolute atomic E-state index is 0.104. The second-order valence-electron chi connectivity index (χ2n) is 6.60. The Morgan fingerprint density at radius 1 is 1.25 bits per heavy atom. The third-order valence-electron chi connectivity index (χ3n) is 4.83. The summed E-state index contributed by atoms with van der Waals surface area (Å²) in [5.41, 5.74) is 1.04. The predicted molar refractivity (Wildman–Crippen MR) is 90.2 cm³/mol. The fourth-order valence-electron chi connectivity index (χ4n) is 3.39. The number of nitrogens with one attached hydrogen (secondary N) is 1. The molecule has 1 aliphatic carbocycles. The molecule has 6 nitrogen and oxygen atoms in total. The first-order chi connectivity index (χ1) is 11.8. The number of amides is 1. The van der Waals surface area contributed by atoms with Crippen LogP contribution in [0.25, 0.3) is 0 Å². The van der Waals surface area contributed by atoms with Gasteiger partial charge in [-0.2, -0.15) is 0 Å². The van der Waals surface area contributed by atoms with Crippen LogP contribution in [-0.4, -0.2) is 38.2 Å². The first-order valence-corrected chi connectivity index (χ1v) is 8.76. The van der Waals surface area contributed by atoms with Gasteiger partial charge < -0.3 is 9.88 Å². The minimum Gasteiger partial charge on any atom is -0.352 e. The van der Waals surface area contributed by atoms with Crippen molar-refractivity contribution >= 4 is 5.91 Å². The van der Waals surface area contributed by atoms with Crippen molar-refractivity contribution in [2.24, 2.45) is 0 Å². The van der Waals surface area contributed by atoms with Gasteiger partial charge in [0.2, 0.25) is 5.91 Å². The van der Waals surface area contributed by atoms with Crippen LogP contribution < -0.4 is 5.32 Å². The van der Waals surface area contributed by atoms with Gasteiger partial charge in [0.05, 0.1) is 6.54 Å². The normalized spacial score (nSPS) is 18.9. The van der Waals surface area contributed by atoms with E-state index in [1.807, 2.05) is 30.3 Å². The van der Waals surface area contributed by atoms with Crippen LogP contribution in [0.2, 0.25) is 0 Å². The summed E-state index contributed by atoms with van der Waals surface area (Å²) in [4.78, 5) is 15.1. The number of fused-ring (bicyclic) bond motifs is 1. The lowest BCUT2D eigenvalue weighted by Gasteiger charge is -2.34. The Balaban J connectivity index is 1.60. The highest BCUT2D eigenvalue weighted by atomic mass is 16.2. The van der Waals surface area contributed by atoms with Crippen molar-refractivity contribution in [2.45, 2.75) is 51.4 Å². The van der Waals surface area contributed by atoms with E-state index in [2.05, 4.69) is 31.9 Å². The van der Waals surface area contributed by atoms with Crippen LogP contribution >= 0.6 is 0 Å². The van der Waals surface area contributed by atoms with Gasteiger partial charge in [0.25, 0.3) is 0 Å². The molecule has 1 N–H and O–H groups in total. The van der Waals surface area contributed by atoms with Crippen LogP contribution in [0, 0.1) is 0 Å². The maximum atomic E-state index is 12.9. The number of hydrogen-bond acceptors (Lipinski definition) is 4. The molecule has 0 unspecified atom stereocenters. The Labute approximate surface area is 141 Å². The molecule has 2 aromatic rings. The number of carbonyl (C=O) groups excluding carboxylic acids is 1. The number of aryl methyl sites for hydroxylation is 1. The molecule has 1 aliphatic heterocycles. The molecule has 0 spiro atoms. The molecule has 2 heterocycles. The van der Waals surface area contributed by atoms with E-state index in [0.29, 0.717) is 12.6 Å². The highest BCUT2D eigenvalue weighted by molar-refractivity contribution is 5.83. The largest absolute Gasteiger partial charge is 0.352 e. The lowest BCUT2D eigenvalue weighted by Crippen LogP contribution is -2.44. The smallest absolute Gasteiger partial charge is 0.242 e. The maximum absolute atomic E-state index is 12.9. The van der Waals surface area contributed by atoms with Crippen molar-refractivity contribution < 1.29 is 4.79 Å². The third-order valence-corrected chi connectivity index (χ3v) is 4.83. The van der Waals surface area contributed by atoms with Crippen molar-refractivity contribution in [2.75, 3.05) is 6.54 Å². The van der Waals surface area contributed by atoms with E-state index in [9.17, 15) is 4.79 Å². The molecule has 1 aromatic carbocycles. The lowest BCUT2D eigenvalue weighted by molar-refractivity contribution is -0.127. The highest BCUT2D eigenvalue weighted by Gasteiger charge is 2.34. The fourth-order valence-corrected chi connectivity index (χ4v) is 3.39. The van der Waals surface area contributed by atoms with Crippen molar-refractivity contribution in [1.82, 2.24) is 25.0 Å². The van der Waals surface area contributed by atoms with Crippen molar-refractivity contribution in [1.29, 1.82) is 0 Å². The highest BCUT2D eigenvalue weighted by Crippen LogP contribution is 2.28. The average Bonchev–Trinajstić information content (AvgIpc) is 3.32. The summed E-state index contributed by atoms with van der Waals surface area (Å²) in [5.74, 6) is 2.09. The molecule has 4 rings (SSSR count). The van der Waals surface area contributed by atoms with Gasteiger partial charge in [-0.05, 0) is 18.4 Å². The molecule has 1 aromatic heterocycles. The maximum Gasteiger partial charge on any atom is 0.242 e. The van der Waals surface area contributed by atoms with Gasteiger partial charge in [0, 0.05) is 25.6 Å². The molecule has 24 heavy (non-hydrogen) atoms. The summed E-state index contributed by atoms with van der Waals surface area (Å²) in [6.45, 7) is 4.42. The van der Waals surface area contributed by atoms with Gasteiger partial charge in [0.15, 0.2) is 0 Å². The first kappa shape index (κ1) is 15.3. The summed E-state index contributed by atoms with van der Waals surface area (Å²) in [6, 6.07) is 10.1. The Morgan fingerprint density at radius 2 is 2.04 bits per heavy atom. The zero-order valence-corrected chi connectivity index (χ0v) is 14.0. The van der Waals surface area contributed by atoms with Gasteiger partial charge in [-0.1, -0.05) is 37.3 Å². The summed E-state index contributed by atoms with van der Waals surface area (Å²) < 4.78 is 2.19.